The molecule has 8 atom stereocenters. The van der Waals surface area contributed by atoms with Crippen molar-refractivity contribution in [3.8, 4) is 0 Å². The lowest BCUT2D eigenvalue weighted by Gasteiger charge is -2.60. The van der Waals surface area contributed by atoms with Gasteiger partial charge in [-0.2, -0.15) is 0 Å². The first-order chi connectivity index (χ1) is 24.5. The number of hydrogen-bond acceptors (Lipinski definition) is 8. The average molecular weight is 715 g/mol. The third-order valence-corrected chi connectivity index (χ3v) is 14.3. The largest absolute Gasteiger partial charge is 0.458 e. The summed E-state index contributed by atoms with van der Waals surface area (Å²) in [5, 5.41) is 15.1. The van der Waals surface area contributed by atoms with Crippen LogP contribution < -0.4 is 10.2 Å². The van der Waals surface area contributed by atoms with Crippen molar-refractivity contribution in [3.05, 3.63) is 53.6 Å². The van der Waals surface area contributed by atoms with E-state index in [1.54, 1.807) is 12.2 Å². The van der Waals surface area contributed by atoms with E-state index in [0.717, 1.165) is 69.2 Å². The molecule has 1 aliphatic heterocycles. The lowest BCUT2D eigenvalue weighted by Crippen LogP contribution is -2.60. The summed E-state index contributed by atoms with van der Waals surface area (Å²) >= 11 is 0. The zero-order valence-corrected chi connectivity index (χ0v) is 31.9. The number of allylic oxidation sites excluding steroid dienone is 4. The van der Waals surface area contributed by atoms with Crippen LogP contribution in [0.1, 0.15) is 98.5 Å². The number of benzene rings is 1. The fraction of sp³-hybridized carbons (Fsp3) is 0.674. The number of alkyl carbamates (subject to hydrolysis) is 1. The number of amides is 1. The molecule has 2 unspecified atom stereocenters. The van der Waals surface area contributed by atoms with Gasteiger partial charge in [0.05, 0.1) is 11.5 Å². The highest BCUT2D eigenvalue weighted by Gasteiger charge is 2.73. The molecule has 6 aliphatic rings. The highest BCUT2D eigenvalue weighted by atomic mass is 16.6. The van der Waals surface area contributed by atoms with E-state index in [0.29, 0.717) is 18.9 Å². The molecule has 0 aromatic heterocycles. The summed E-state index contributed by atoms with van der Waals surface area (Å²) in [5.41, 5.74) is 1.42. The lowest BCUT2D eigenvalue weighted by atomic mass is 9.44. The van der Waals surface area contributed by atoms with Gasteiger partial charge in [0.25, 0.3) is 0 Å². The van der Waals surface area contributed by atoms with Gasteiger partial charge in [0.15, 0.2) is 18.2 Å². The summed E-state index contributed by atoms with van der Waals surface area (Å²) in [4.78, 5) is 53.4. The monoisotopic (exact) mass is 714 g/mol. The summed E-state index contributed by atoms with van der Waals surface area (Å²) < 4.78 is 10.8. The Balaban J connectivity index is 1.06. The summed E-state index contributed by atoms with van der Waals surface area (Å²) in [7, 11) is 0. The smallest absolute Gasteiger partial charge is 0.407 e. The SMILES string of the molecule is CC(=O)OCC(=O)C12CN(c3ccc(CC4CCC(NC(=O)OC(C)(C)C)CC4)cc3)C[C@@H]1C[C@H]1[C@@H]3CCC4=CC(=O)C=C[C@]4(C)C3[C@@H](O)C[C@@]12C. The van der Waals surface area contributed by atoms with E-state index in [4.69, 9.17) is 9.47 Å². The highest BCUT2D eigenvalue weighted by Crippen LogP contribution is 2.72. The molecular weight excluding hydrogens is 656 g/mol. The molecule has 9 nitrogen and oxygen atoms in total. The number of carbonyl (C=O) groups excluding carboxylic acids is 4. The summed E-state index contributed by atoms with van der Waals surface area (Å²) in [6.45, 7) is 12.5. The Morgan fingerprint density at radius 1 is 1.04 bits per heavy atom. The third kappa shape index (κ3) is 6.43. The molecule has 0 spiro atoms. The number of ketones is 2. The Kier molecular flexibility index (Phi) is 9.53. The minimum atomic E-state index is -0.751. The topological polar surface area (TPSA) is 122 Å². The van der Waals surface area contributed by atoms with Gasteiger partial charge in [-0.25, -0.2) is 4.79 Å². The Morgan fingerprint density at radius 2 is 1.75 bits per heavy atom. The van der Waals surface area contributed by atoms with Gasteiger partial charge >= 0.3 is 12.1 Å². The molecule has 9 heteroatoms. The van der Waals surface area contributed by atoms with Crippen LogP contribution in [0.5, 0.6) is 0 Å². The Bertz CT molecular complexity index is 1650. The van der Waals surface area contributed by atoms with Crippen molar-refractivity contribution < 1.29 is 33.8 Å². The Morgan fingerprint density at radius 3 is 2.42 bits per heavy atom. The van der Waals surface area contributed by atoms with E-state index in [1.165, 1.54) is 12.5 Å². The number of rotatable bonds is 7. The number of aliphatic hydroxyl groups is 1. The first-order valence-corrected chi connectivity index (χ1v) is 19.6. The predicted octanol–water partition coefficient (Wildman–Crippen LogP) is 6.76. The number of fused-ring (bicyclic) bond motifs is 7. The zero-order chi connectivity index (χ0) is 37.2. The van der Waals surface area contributed by atoms with Crippen molar-refractivity contribution in [1.29, 1.82) is 0 Å². The second-order valence-electron chi connectivity index (χ2n) is 18.4. The van der Waals surface area contributed by atoms with Crippen molar-refractivity contribution in [2.45, 2.75) is 117 Å². The molecule has 1 saturated heterocycles. The van der Waals surface area contributed by atoms with E-state index < -0.39 is 28.5 Å². The first kappa shape index (κ1) is 36.9. The number of anilines is 1. The van der Waals surface area contributed by atoms with Crippen LogP contribution in [0.3, 0.4) is 0 Å². The zero-order valence-electron chi connectivity index (χ0n) is 31.9. The minimum Gasteiger partial charge on any atom is -0.458 e. The molecule has 4 saturated carbocycles. The highest BCUT2D eigenvalue weighted by molar-refractivity contribution is 6.01. The number of nitrogens with one attached hydrogen (secondary N) is 1. The first-order valence-electron chi connectivity index (χ1n) is 19.6. The number of aliphatic hydroxyl groups excluding tert-OH is 1. The average Bonchev–Trinajstić information content (AvgIpc) is 3.57. The summed E-state index contributed by atoms with van der Waals surface area (Å²) in [6, 6.07) is 8.97. The van der Waals surface area contributed by atoms with Crippen LogP contribution in [0.15, 0.2) is 48.1 Å². The van der Waals surface area contributed by atoms with Gasteiger partial charge in [-0.1, -0.05) is 37.6 Å². The van der Waals surface area contributed by atoms with Crippen LogP contribution in [0.4, 0.5) is 10.5 Å². The summed E-state index contributed by atoms with van der Waals surface area (Å²) in [5.74, 6) is 0.655. The molecular formula is C43H58N2O7. The van der Waals surface area contributed by atoms with Crippen LogP contribution in [-0.2, 0) is 30.3 Å². The van der Waals surface area contributed by atoms with Gasteiger partial charge in [-0.3, -0.25) is 14.4 Å². The molecule has 0 radical (unpaired) electrons. The molecule has 282 valence electrons. The van der Waals surface area contributed by atoms with Crippen molar-refractivity contribution in [2.24, 2.45) is 45.8 Å². The Labute approximate surface area is 308 Å². The van der Waals surface area contributed by atoms with Gasteiger partial charge in [-0.15, -0.1) is 0 Å². The van der Waals surface area contributed by atoms with E-state index in [-0.39, 0.29) is 59.4 Å². The molecule has 1 aromatic rings. The van der Waals surface area contributed by atoms with E-state index in [2.05, 4.69) is 48.3 Å². The second kappa shape index (κ2) is 13.4. The molecule has 1 aromatic carbocycles. The molecule has 1 heterocycles. The van der Waals surface area contributed by atoms with Crippen LogP contribution in [0.2, 0.25) is 0 Å². The third-order valence-electron chi connectivity index (χ3n) is 14.3. The van der Waals surface area contributed by atoms with Crippen LogP contribution in [0, 0.1) is 45.8 Å². The number of nitrogens with zero attached hydrogens (tertiary/aromatic N) is 1. The lowest BCUT2D eigenvalue weighted by molar-refractivity contribution is -0.163. The minimum absolute atomic E-state index is 0.00527. The van der Waals surface area contributed by atoms with E-state index in [9.17, 15) is 24.3 Å². The maximum absolute atomic E-state index is 14.5. The van der Waals surface area contributed by atoms with Gasteiger partial charge in [0.2, 0.25) is 0 Å². The van der Waals surface area contributed by atoms with Gasteiger partial charge in [0, 0.05) is 43.1 Å². The normalized spacial score (nSPS) is 38.0. The molecule has 1 amide bonds. The van der Waals surface area contributed by atoms with E-state index in [1.807, 2.05) is 26.8 Å². The molecule has 52 heavy (non-hydrogen) atoms. The predicted molar refractivity (Wildman–Crippen MR) is 198 cm³/mol. The number of ether oxygens (including phenoxy) is 2. The molecule has 7 rings (SSSR count). The number of esters is 1. The molecule has 2 N–H and O–H groups in total. The van der Waals surface area contributed by atoms with Crippen LogP contribution in [0.25, 0.3) is 0 Å². The van der Waals surface area contributed by atoms with Gasteiger partial charge < -0.3 is 24.8 Å². The number of carbonyl (C=O) groups is 4. The fourth-order valence-corrected chi connectivity index (χ4v) is 12.1. The molecule has 0 bridgehead atoms. The quantitative estimate of drug-likeness (QED) is 0.298. The molecule has 5 fully saturated rings. The van der Waals surface area contributed by atoms with E-state index >= 15 is 0 Å². The van der Waals surface area contributed by atoms with Gasteiger partial charge in [0.1, 0.15) is 5.60 Å². The van der Waals surface area contributed by atoms with Crippen LogP contribution >= 0.6 is 0 Å². The number of hydrogen-bond donors (Lipinski definition) is 2. The van der Waals surface area contributed by atoms with Crippen molar-refractivity contribution in [2.75, 3.05) is 24.6 Å². The fourth-order valence-electron chi connectivity index (χ4n) is 12.1. The maximum Gasteiger partial charge on any atom is 0.407 e. The van der Waals surface area contributed by atoms with Gasteiger partial charge in [-0.05, 0) is 137 Å². The number of Topliss-reactive ketones (excluding diaryl/α,β-unsaturated/α-hetero) is 1. The maximum atomic E-state index is 14.5. The van der Waals surface area contributed by atoms with Crippen molar-refractivity contribution in [1.82, 2.24) is 5.32 Å². The Hall–Kier alpha value is -3.46. The second-order valence-corrected chi connectivity index (χ2v) is 18.4. The summed E-state index contributed by atoms with van der Waals surface area (Å²) in [6.07, 6.45) is 12.7. The van der Waals surface area contributed by atoms with Crippen LogP contribution in [-0.4, -0.2) is 66.2 Å². The standard InChI is InChI=1S/C43H58N2O7/c1-26(46)51-24-37(49)43-25-45(32-14-9-28(10-15-32)19-27-7-12-31(13-8-27)44-39(50)52-40(2,3)4)23-30(43)21-35-34-16-11-29-20-33(47)17-18-41(29,5)38(34)36(48)22-42(35,43)6/h9-10,14-15,17-18,20,27,30-31,34-36,38,48H,7-8,11-13,16,19,21-25H2,1-6H3,(H,44,50)/t27?,30-,31?,34-,35-,36-,38?,41-,42-,43?/m0/s1. The molecule has 5 aliphatic carbocycles. The van der Waals surface area contributed by atoms with Crippen molar-refractivity contribution >= 4 is 29.3 Å². The van der Waals surface area contributed by atoms with Crippen molar-refractivity contribution in [3.63, 3.8) is 0 Å².